The summed E-state index contributed by atoms with van der Waals surface area (Å²) < 4.78 is 1.97. The molecule has 0 atom stereocenters. The lowest BCUT2D eigenvalue weighted by atomic mass is 10.00. The van der Waals surface area contributed by atoms with Crippen LogP contribution in [0.5, 0.6) is 0 Å². The molecule has 0 spiro atoms. The Morgan fingerprint density at radius 1 is 1.00 bits per heavy atom. The van der Waals surface area contributed by atoms with Gasteiger partial charge in [0, 0.05) is 18.3 Å². The van der Waals surface area contributed by atoms with Gasteiger partial charge in [-0.2, -0.15) is 0 Å². The van der Waals surface area contributed by atoms with Gasteiger partial charge in [0.05, 0.1) is 0 Å². The number of primary amides is 1. The van der Waals surface area contributed by atoms with Gasteiger partial charge in [-0.25, -0.2) is 0 Å². The Kier molecular flexibility index (Phi) is 4.29. The highest BCUT2D eigenvalue weighted by atomic mass is 16.1. The lowest BCUT2D eigenvalue weighted by Crippen LogP contribution is -2.18. The van der Waals surface area contributed by atoms with Gasteiger partial charge >= 0.3 is 0 Å². The summed E-state index contributed by atoms with van der Waals surface area (Å²) in [5.74, 6) is -0.389. The molecule has 0 aliphatic rings. The van der Waals surface area contributed by atoms with E-state index in [1.165, 1.54) is 0 Å². The second-order valence-corrected chi connectivity index (χ2v) is 5.58. The molecule has 0 saturated heterocycles. The fraction of sp³-hybridized carbons (Fsp3) is 0.150. The third-order valence-corrected chi connectivity index (χ3v) is 4.03. The zero-order chi connectivity index (χ0) is 16.2. The van der Waals surface area contributed by atoms with E-state index in [2.05, 4.69) is 25.3 Å². The smallest absolute Gasteiger partial charge is 0.265 e. The van der Waals surface area contributed by atoms with Crippen LogP contribution in [0.3, 0.4) is 0 Å². The molecule has 0 fully saturated rings. The number of benzene rings is 2. The maximum Gasteiger partial charge on any atom is 0.265 e. The zero-order valence-electron chi connectivity index (χ0n) is 13.2. The molecule has 2 aromatic carbocycles. The van der Waals surface area contributed by atoms with Crippen LogP contribution in [-0.2, 0) is 13.0 Å². The standard InChI is InChI=1S/C20H20N2O/c1-2-16-14-22(13-15-9-5-3-6-10-15)19(20(21)23)18(16)17-11-7-4-8-12-17/h3-12,14H,2,13H2,1H3,(H2,21,23). The molecule has 0 aliphatic heterocycles. The van der Waals surface area contributed by atoms with Crippen LogP contribution in [0, 0.1) is 0 Å². The summed E-state index contributed by atoms with van der Waals surface area (Å²) >= 11 is 0. The first-order valence-electron chi connectivity index (χ1n) is 7.82. The van der Waals surface area contributed by atoms with Gasteiger partial charge in [-0.3, -0.25) is 4.79 Å². The molecule has 1 heterocycles. The molecule has 23 heavy (non-hydrogen) atoms. The van der Waals surface area contributed by atoms with Crippen molar-refractivity contribution in [2.45, 2.75) is 19.9 Å². The lowest BCUT2D eigenvalue weighted by molar-refractivity contribution is 0.0992. The lowest BCUT2D eigenvalue weighted by Gasteiger charge is -2.09. The minimum absolute atomic E-state index is 0.389. The summed E-state index contributed by atoms with van der Waals surface area (Å²) in [7, 11) is 0. The van der Waals surface area contributed by atoms with E-state index in [-0.39, 0.29) is 5.91 Å². The van der Waals surface area contributed by atoms with Gasteiger partial charge in [0.2, 0.25) is 0 Å². The van der Waals surface area contributed by atoms with E-state index in [0.717, 1.165) is 28.7 Å². The third kappa shape index (κ3) is 3.04. The number of hydrogen-bond acceptors (Lipinski definition) is 1. The first kappa shape index (κ1) is 15.1. The number of aromatic nitrogens is 1. The quantitative estimate of drug-likeness (QED) is 0.764. The van der Waals surface area contributed by atoms with Crippen molar-refractivity contribution in [3.05, 3.63) is 83.7 Å². The molecule has 3 aromatic rings. The molecule has 1 aromatic heterocycles. The van der Waals surface area contributed by atoms with Crippen LogP contribution in [0.1, 0.15) is 28.5 Å². The number of carbonyl (C=O) groups excluding carboxylic acids is 1. The number of carbonyl (C=O) groups is 1. The van der Waals surface area contributed by atoms with Gasteiger partial charge in [-0.05, 0) is 23.1 Å². The molecule has 2 N–H and O–H groups in total. The Bertz CT molecular complexity index is 804. The van der Waals surface area contributed by atoms with Crippen molar-refractivity contribution in [3.63, 3.8) is 0 Å². The summed E-state index contributed by atoms with van der Waals surface area (Å²) in [5.41, 5.74) is 10.6. The van der Waals surface area contributed by atoms with E-state index in [1.54, 1.807) is 0 Å². The molecule has 3 heteroatoms. The van der Waals surface area contributed by atoms with Gasteiger partial charge in [0.25, 0.3) is 5.91 Å². The first-order chi connectivity index (χ1) is 11.2. The van der Waals surface area contributed by atoms with Gasteiger partial charge in [-0.15, -0.1) is 0 Å². The largest absolute Gasteiger partial charge is 0.364 e. The number of nitrogens with two attached hydrogens (primary N) is 1. The van der Waals surface area contributed by atoms with E-state index < -0.39 is 0 Å². The minimum Gasteiger partial charge on any atom is -0.364 e. The SMILES string of the molecule is CCc1cn(Cc2ccccc2)c(C(N)=O)c1-c1ccccc1. The molecule has 0 radical (unpaired) electrons. The molecule has 0 saturated carbocycles. The molecular weight excluding hydrogens is 284 g/mol. The fourth-order valence-corrected chi connectivity index (χ4v) is 2.98. The highest BCUT2D eigenvalue weighted by molar-refractivity contribution is 5.99. The van der Waals surface area contributed by atoms with Gasteiger partial charge < -0.3 is 10.3 Å². The van der Waals surface area contributed by atoms with Crippen LogP contribution in [0.15, 0.2) is 66.9 Å². The zero-order valence-corrected chi connectivity index (χ0v) is 13.2. The maximum absolute atomic E-state index is 12.1. The van der Waals surface area contributed by atoms with Crippen molar-refractivity contribution in [3.8, 4) is 11.1 Å². The van der Waals surface area contributed by atoms with E-state index in [1.807, 2.05) is 53.1 Å². The van der Waals surface area contributed by atoms with E-state index in [4.69, 9.17) is 5.73 Å². The predicted octanol–water partition coefficient (Wildman–Crippen LogP) is 3.86. The van der Waals surface area contributed by atoms with Crippen LogP contribution in [0.25, 0.3) is 11.1 Å². The van der Waals surface area contributed by atoms with Crippen molar-refractivity contribution >= 4 is 5.91 Å². The van der Waals surface area contributed by atoms with Gasteiger partial charge in [-0.1, -0.05) is 67.6 Å². The highest BCUT2D eigenvalue weighted by Gasteiger charge is 2.20. The van der Waals surface area contributed by atoms with Crippen molar-refractivity contribution < 1.29 is 4.79 Å². The molecule has 1 amide bonds. The molecular formula is C20H20N2O. The fourth-order valence-electron chi connectivity index (χ4n) is 2.98. The van der Waals surface area contributed by atoms with Crippen LogP contribution in [-0.4, -0.2) is 10.5 Å². The summed E-state index contributed by atoms with van der Waals surface area (Å²) in [5, 5.41) is 0. The monoisotopic (exact) mass is 304 g/mol. The summed E-state index contributed by atoms with van der Waals surface area (Å²) in [6, 6.07) is 20.1. The molecule has 0 unspecified atom stereocenters. The average Bonchev–Trinajstić information content (AvgIpc) is 2.95. The van der Waals surface area contributed by atoms with E-state index in [9.17, 15) is 4.79 Å². The van der Waals surface area contributed by atoms with Crippen molar-refractivity contribution in [2.24, 2.45) is 5.73 Å². The molecule has 3 rings (SSSR count). The van der Waals surface area contributed by atoms with Crippen LogP contribution >= 0.6 is 0 Å². The highest BCUT2D eigenvalue weighted by Crippen LogP contribution is 2.30. The Morgan fingerprint density at radius 3 is 2.17 bits per heavy atom. The van der Waals surface area contributed by atoms with E-state index in [0.29, 0.717) is 12.2 Å². The minimum atomic E-state index is -0.389. The maximum atomic E-state index is 12.1. The predicted molar refractivity (Wildman–Crippen MR) is 93.3 cm³/mol. The Hall–Kier alpha value is -2.81. The summed E-state index contributed by atoms with van der Waals surface area (Å²) in [4.78, 5) is 12.1. The van der Waals surface area contributed by atoms with Gasteiger partial charge in [0.15, 0.2) is 0 Å². The Labute approximate surface area is 136 Å². The topological polar surface area (TPSA) is 48.0 Å². The van der Waals surface area contributed by atoms with E-state index >= 15 is 0 Å². The van der Waals surface area contributed by atoms with Gasteiger partial charge in [0.1, 0.15) is 5.69 Å². The second-order valence-electron chi connectivity index (χ2n) is 5.58. The number of amides is 1. The van der Waals surface area contributed by atoms with Crippen molar-refractivity contribution in [2.75, 3.05) is 0 Å². The normalized spacial score (nSPS) is 10.7. The molecule has 0 aliphatic carbocycles. The summed E-state index contributed by atoms with van der Waals surface area (Å²) in [6.07, 6.45) is 2.90. The van der Waals surface area contributed by atoms with Crippen molar-refractivity contribution in [1.29, 1.82) is 0 Å². The van der Waals surface area contributed by atoms with Crippen LogP contribution in [0.4, 0.5) is 0 Å². The third-order valence-electron chi connectivity index (χ3n) is 4.03. The Morgan fingerprint density at radius 2 is 1.61 bits per heavy atom. The van der Waals surface area contributed by atoms with Crippen LogP contribution in [0.2, 0.25) is 0 Å². The number of rotatable bonds is 5. The summed E-state index contributed by atoms with van der Waals surface area (Å²) in [6.45, 7) is 2.73. The molecule has 3 nitrogen and oxygen atoms in total. The number of aryl methyl sites for hydroxylation is 1. The number of hydrogen-bond donors (Lipinski definition) is 1. The van der Waals surface area contributed by atoms with Crippen LogP contribution < -0.4 is 5.73 Å². The number of nitrogens with zero attached hydrogens (tertiary/aromatic N) is 1. The molecule has 116 valence electrons. The first-order valence-corrected chi connectivity index (χ1v) is 7.82. The Balaban J connectivity index is 2.14. The second kappa shape index (κ2) is 6.53. The molecule has 0 bridgehead atoms. The average molecular weight is 304 g/mol. The van der Waals surface area contributed by atoms with Crippen molar-refractivity contribution in [1.82, 2.24) is 4.57 Å².